The lowest BCUT2D eigenvalue weighted by atomic mass is 10.0. The molecule has 0 aromatic heterocycles. The van der Waals surface area contributed by atoms with Crippen molar-refractivity contribution in [3.05, 3.63) is 107 Å². The van der Waals surface area contributed by atoms with E-state index in [2.05, 4.69) is 10.6 Å². The molecular formula is C43H44N4O14S2. The van der Waals surface area contributed by atoms with Gasteiger partial charge in [-0.15, -0.1) is 0 Å². The molecule has 18 nitrogen and oxygen atoms in total. The second kappa shape index (κ2) is 17.0. The van der Waals surface area contributed by atoms with Gasteiger partial charge >= 0.3 is 0 Å². The molecule has 63 heavy (non-hydrogen) atoms. The molecule has 0 saturated heterocycles. The number of hydrogen-bond donors (Lipinski definition) is 4. The summed E-state index contributed by atoms with van der Waals surface area (Å²) in [5.74, 6) is 0.841. The van der Waals surface area contributed by atoms with Gasteiger partial charge in [-0.1, -0.05) is 24.3 Å². The number of carbonyl (C=O) groups excluding carboxylic acids is 2. The van der Waals surface area contributed by atoms with Crippen molar-refractivity contribution in [3.8, 4) is 34.5 Å². The highest BCUT2D eigenvalue weighted by Crippen LogP contribution is 2.44. The summed E-state index contributed by atoms with van der Waals surface area (Å²) in [7, 11) is -3.66. The third kappa shape index (κ3) is 8.41. The number of amides is 2. The maximum absolute atomic E-state index is 14.0. The van der Waals surface area contributed by atoms with Crippen molar-refractivity contribution in [1.29, 1.82) is 0 Å². The Hall–Kier alpha value is -6.48. The van der Waals surface area contributed by atoms with E-state index in [1.165, 1.54) is 62.5 Å². The van der Waals surface area contributed by atoms with Crippen LogP contribution in [0.4, 0.5) is 11.4 Å². The summed E-state index contributed by atoms with van der Waals surface area (Å²) in [6.45, 7) is 0.0826. The van der Waals surface area contributed by atoms with Crippen LogP contribution in [0.15, 0.2) is 85.2 Å². The summed E-state index contributed by atoms with van der Waals surface area (Å²) in [5.41, 5.74) is 3.20. The number of nitrogens with one attached hydrogen (secondary N) is 2. The number of carbonyl (C=O) groups is 2. The summed E-state index contributed by atoms with van der Waals surface area (Å²) in [5, 5.41) is 2.56. The van der Waals surface area contributed by atoms with Crippen LogP contribution in [0.25, 0.3) is 11.1 Å². The molecule has 0 bridgehead atoms. The fraction of sp³-hybridized carbons (Fsp3) is 0.302. The third-order valence-electron chi connectivity index (χ3n) is 11.3. The average Bonchev–Trinajstić information content (AvgIpc) is 3.87. The molecule has 0 unspecified atom stereocenters. The van der Waals surface area contributed by atoms with Gasteiger partial charge in [0, 0.05) is 31.0 Å². The van der Waals surface area contributed by atoms with E-state index < -0.39 is 54.9 Å². The van der Waals surface area contributed by atoms with Crippen molar-refractivity contribution in [1.82, 2.24) is 9.80 Å². The van der Waals surface area contributed by atoms with Crippen LogP contribution in [-0.4, -0.2) is 112 Å². The molecule has 0 fully saturated rings. The monoisotopic (exact) mass is 904 g/mol. The second-order valence-corrected chi connectivity index (χ2v) is 18.1. The molecule has 4 aromatic rings. The maximum atomic E-state index is 14.0. The normalized spacial score (nSPS) is 20.3. The molecule has 0 spiro atoms. The Morgan fingerprint density at radius 2 is 1.00 bits per heavy atom. The fourth-order valence-corrected chi connectivity index (χ4v) is 10.0. The highest BCUT2D eigenvalue weighted by atomic mass is 32.2. The van der Waals surface area contributed by atoms with E-state index in [4.69, 9.17) is 28.4 Å². The number of ether oxygens (including phenoxy) is 6. The Balaban J connectivity index is 0.985. The van der Waals surface area contributed by atoms with Crippen molar-refractivity contribution in [2.24, 2.45) is 0 Å². The number of benzene rings is 4. The van der Waals surface area contributed by atoms with Gasteiger partial charge < -0.3 is 48.9 Å². The van der Waals surface area contributed by atoms with E-state index in [-0.39, 0.29) is 78.0 Å². The molecule has 20 heteroatoms. The molecule has 0 saturated carbocycles. The predicted octanol–water partition coefficient (Wildman–Crippen LogP) is 5.36. The second-order valence-electron chi connectivity index (χ2n) is 15.0. The van der Waals surface area contributed by atoms with Gasteiger partial charge in [0.15, 0.2) is 33.7 Å². The molecule has 8 rings (SSSR count). The lowest BCUT2D eigenvalue weighted by Gasteiger charge is -2.26. The Morgan fingerprint density at radius 3 is 1.37 bits per heavy atom. The van der Waals surface area contributed by atoms with E-state index in [0.717, 1.165) is 11.1 Å². The van der Waals surface area contributed by atoms with E-state index in [1.54, 1.807) is 48.8 Å². The molecule has 332 valence electrons. The van der Waals surface area contributed by atoms with Crippen LogP contribution in [-0.2, 0) is 20.2 Å². The molecule has 4 aliphatic rings. The fourth-order valence-electron chi connectivity index (χ4n) is 8.24. The smallest absolute Gasteiger partial charge is 0.288 e. The predicted molar refractivity (Wildman–Crippen MR) is 231 cm³/mol. The molecule has 2 amide bonds. The van der Waals surface area contributed by atoms with Crippen molar-refractivity contribution in [2.45, 2.75) is 42.1 Å². The first-order valence-electron chi connectivity index (χ1n) is 19.6. The SMILES string of the molecule is COc1cccc(C2=CN3C(=O)c4cc(OC)c(OCCCOc5cc6c(cc5OC)C(=O)N5C=C(c7cccc(OC)c7)C[C@H]5[C@H](S(=O)(=O)O)N6)cc4N[C@@H](S(=O)(=O)O)[C@@H]3C2)c1. The van der Waals surface area contributed by atoms with Crippen molar-refractivity contribution < 1.29 is 64.0 Å². The Labute approximate surface area is 363 Å². The minimum absolute atomic E-state index is 0.0413. The molecular weight excluding hydrogens is 861 g/mol. The zero-order chi connectivity index (χ0) is 44.8. The van der Waals surface area contributed by atoms with E-state index in [0.29, 0.717) is 22.6 Å². The number of fused-ring (bicyclic) bond motifs is 4. The Kier molecular flexibility index (Phi) is 11.7. The largest absolute Gasteiger partial charge is 0.497 e. The van der Waals surface area contributed by atoms with Gasteiger partial charge in [0.1, 0.15) is 11.5 Å². The van der Waals surface area contributed by atoms with Gasteiger partial charge in [0.25, 0.3) is 32.1 Å². The number of hydrogen-bond acceptors (Lipinski definition) is 14. The number of nitrogens with zero attached hydrogens (tertiary/aromatic N) is 2. The topological polar surface area (TPSA) is 229 Å². The van der Waals surface area contributed by atoms with Crippen LogP contribution in [0.2, 0.25) is 0 Å². The lowest BCUT2D eigenvalue weighted by Crippen LogP contribution is -2.46. The quantitative estimate of drug-likeness (QED) is 0.0922. The molecule has 4 aromatic carbocycles. The summed E-state index contributed by atoms with van der Waals surface area (Å²) >= 11 is 0. The van der Waals surface area contributed by atoms with Crippen LogP contribution in [0, 0.1) is 0 Å². The Bertz CT molecular complexity index is 2590. The first kappa shape index (κ1) is 43.2. The van der Waals surface area contributed by atoms with Crippen molar-refractivity contribution in [3.63, 3.8) is 0 Å². The molecule has 4 heterocycles. The van der Waals surface area contributed by atoms with Crippen LogP contribution in [0.1, 0.15) is 51.1 Å². The van der Waals surface area contributed by atoms with Gasteiger partial charge in [0.2, 0.25) is 0 Å². The summed E-state index contributed by atoms with van der Waals surface area (Å²) in [6.07, 6.45) is 3.66. The first-order chi connectivity index (χ1) is 30.1. The van der Waals surface area contributed by atoms with Crippen molar-refractivity contribution in [2.75, 3.05) is 52.3 Å². The highest BCUT2D eigenvalue weighted by Gasteiger charge is 2.47. The van der Waals surface area contributed by atoms with Gasteiger partial charge in [-0.05, 0) is 71.5 Å². The van der Waals surface area contributed by atoms with Crippen molar-refractivity contribution >= 4 is 54.6 Å². The zero-order valence-electron chi connectivity index (χ0n) is 34.4. The minimum Gasteiger partial charge on any atom is -0.497 e. The summed E-state index contributed by atoms with van der Waals surface area (Å²) in [4.78, 5) is 30.7. The Morgan fingerprint density at radius 1 is 0.587 bits per heavy atom. The molecule has 0 aliphatic carbocycles. The average molecular weight is 905 g/mol. The number of anilines is 2. The molecule has 4 aliphatic heterocycles. The summed E-state index contributed by atoms with van der Waals surface area (Å²) < 4.78 is 106. The number of methoxy groups -OCH3 is 4. The van der Waals surface area contributed by atoms with E-state index >= 15 is 0 Å². The zero-order valence-corrected chi connectivity index (χ0v) is 36.1. The van der Waals surface area contributed by atoms with Crippen LogP contribution in [0.5, 0.6) is 34.5 Å². The van der Waals surface area contributed by atoms with Crippen LogP contribution >= 0.6 is 0 Å². The third-order valence-corrected chi connectivity index (χ3v) is 13.5. The van der Waals surface area contributed by atoms with Crippen LogP contribution < -0.4 is 39.1 Å². The number of rotatable bonds is 14. The maximum Gasteiger partial charge on any atom is 0.288 e. The molecule has 4 N–H and O–H groups in total. The molecule has 4 atom stereocenters. The van der Waals surface area contributed by atoms with Gasteiger partial charge in [-0.3, -0.25) is 18.7 Å². The van der Waals surface area contributed by atoms with Gasteiger partial charge in [-0.2, -0.15) is 16.8 Å². The highest BCUT2D eigenvalue weighted by molar-refractivity contribution is 7.86. The lowest BCUT2D eigenvalue weighted by molar-refractivity contribution is 0.0782. The summed E-state index contributed by atoms with van der Waals surface area (Å²) in [6, 6.07) is 18.0. The van der Waals surface area contributed by atoms with Crippen LogP contribution in [0.3, 0.4) is 0 Å². The molecule has 0 radical (unpaired) electrons. The standard InChI is InChI=1S/C43H44N4O14S2/c1-56-28-10-5-8-24(14-28)26-16-34-40(62(50,51)52)44-32-20-38(36(58-3)18-30(32)42(48)46(34)22-26)60-12-7-13-61-39-21-33-31(19-37(39)59-4)43(49)47-23-27(25-9-6-11-29(15-25)57-2)17-35(47)41(45-33)63(53,54)55/h5-6,8-11,14-15,18-23,34-35,40-41,44-45H,7,12-13,16-17H2,1-4H3,(H,50,51,52)(H,53,54,55)/t34-,35-,40-,41-/m0/s1. The van der Waals surface area contributed by atoms with Gasteiger partial charge in [0.05, 0.1) is 76.2 Å². The minimum atomic E-state index is -4.75. The van der Waals surface area contributed by atoms with Gasteiger partial charge in [-0.25, -0.2) is 0 Å². The van der Waals surface area contributed by atoms with E-state index in [1.807, 2.05) is 12.1 Å². The van der Waals surface area contributed by atoms with E-state index in [9.17, 15) is 35.5 Å². The first-order valence-corrected chi connectivity index (χ1v) is 22.6.